The predicted octanol–water partition coefficient (Wildman–Crippen LogP) is 1.92. The zero-order valence-electron chi connectivity index (χ0n) is 13.3. The summed E-state index contributed by atoms with van der Waals surface area (Å²) in [7, 11) is 0. The summed E-state index contributed by atoms with van der Waals surface area (Å²) in [5.41, 5.74) is 0. The number of hydrogen-bond acceptors (Lipinski definition) is 4. The molecule has 0 radical (unpaired) electrons. The van der Waals surface area contributed by atoms with Crippen LogP contribution in [-0.2, 0) is 4.79 Å². The number of fused-ring (bicyclic) bond motifs is 1. The van der Waals surface area contributed by atoms with Crippen molar-refractivity contribution in [1.82, 2.24) is 9.80 Å². The number of rotatable bonds is 2. The van der Waals surface area contributed by atoms with Crippen molar-refractivity contribution in [3.05, 3.63) is 24.3 Å². The first kappa shape index (κ1) is 16.9. The third-order valence-electron chi connectivity index (χ3n) is 4.17. The van der Waals surface area contributed by atoms with Crippen LogP contribution >= 0.6 is 0 Å². The van der Waals surface area contributed by atoms with Gasteiger partial charge < -0.3 is 14.4 Å². The molecule has 0 aliphatic carbocycles. The monoisotopic (exact) mass is 344 g/mol. The lowest BCUT2D eigenvalue weighted by molar-refractivity contribution is -0.155. The van der Waals surface area contributed by atoms with Crippen LogP contribution in [0.4, 0.5) is 13.2 Å². The van der Waals surface area contributed by atoms with E-state index in [0.29, 0.717) is 11.5 Å². The second-order valence-corrected chi connectivity index (χ2v) is 6.02. The highest BCUT2D eigenvalue weighted by Crippen LogP contribution is 2.34. The Morgan fingerprint density at radius 3 is 2.29 bits per heavy atom. The fraction of sp³-hybridized carbons (Fsp3) is 0.562. The van der Waals surface area contributed by atoms with E-state index in [1.807, 2.05) is 6.07 Å². The fourth-order valence-electron chi connectivity index (χ4n) is 2.95. The van der Waals surface area contributed by atoms with Crippen molar-refractivity contribution in [3.8, 4) is 11.5 Å². The third kappa shape index (κ3) is 3.75. The lowest BCUT2D eigenvalue weighted by Crippen LogP contribution is -2.56. The van der Waals surface area contributed by atoms with Gasteiger partial charge in [0.15, 0.2) is 11.5 Å². The van der Waals surface area contributed by atoms with Gasteiger partial charge in [0.05, 0.1) is 6.54 Å². The molecule has 1 amide bonds. The lowest BCUT2D eigenvalue weighted by atomic mass is 10.1. The molecule has 2 aliphatic rings. The molecule has 1 saturated heterocycles. The Labute approximate surface area is 137 Å². The first-order valence-electron chi connectivity index (χ1n) is 7.84. The van der Waals surface area contributed by atoms with Crippen LogP contribution in [0.3, 0.4) is 0 Å². The summed E-state index contributed by atoms with van der Waals surface area (Å²) >= 11 is 0. The standard InChI is InChI=1S/C16H19F3N2O3/c1-11-14(24-13-5-3-2-4-12(13)23-11)15(22)21-8-6-20(7-9-21)10-16(17,18)19/h2-5,11,14H,6-10H2,1H3. The van der Waals surface area contributed by atoms with E-state index in [2.05, 4.69) is 0 Å². The van der Waals surface area contributed by atoms with E-state index in [9.17, 15) is 18.0 Å². The van der Waals surface area contributed by atoms with Crippen molar-refractivity contribution in [1.29, 1.82) is 0 Å². The van der Waals surface area contributed by atoms with Crippen molar-refractivity contribution in [2.45, 2.75) is 25.3 Å². The summed E-state index contributed by atoms with van der Waals surface area (Å²) in [4.78, 5) is 15.5. The minimum absolute atomic E-state index is 0.198. The maximum atomic E-state index is 12.6. The van der Waals surface area contributed by atoms with Gasteiger partial charge in [-0.25, -0.2) is 0 Å². The Morgan fingerprint density at radius 1 is 1.12 bits per heavy atom. The van der Waals surface area contributed by atoms with Crippen LogP contribution < -0.4 is 9.47 Å². The molecule has 5 nitrogen and oxygen atoms in total. The van der Waals surface area contributed by atoms with Gasteiger partial charge in [0.25, 0.3) is 5.91 Å². The summed E-state index contributed by atoms with van der Waals surface area (Å²) in [6, 6.07) is 7.09. The van der Waals surface area contributed by atoms with Gasteiger partial charge in [-0.1, -0.05) is 12.1 Å². The molecule has 0 aromatic heterocycles. The van der Waals surface area contributed by atoms with Crippen LogP contribution in [0, 0.1) is 0 Å². The number of nitrogens with zero attached hydrogens (tertiary/aromatic N) is 2. The largest absolute Gasteiger partial charge is 0.482 e. The number of alkyl halides is 3. The van der Waals surface area contributed by atoms with E-state index in [1.54, 1.807) is 30.0 Å². The van der Waals surface area contributed by atoms with Gasteiger partial charge >= 0.3 is 6.18 Å². The number of piperazine rings is 1. The molecule has 0 bridgehead atoms. The van der Waals surface area contributed by atoms with Crippen LogP contribution in [0.15, 0.2) is 24.3 Å². The summed E-state index contributed by atoms with van der Waals surface area (Å²) in [5.74, 6) is 0.845. The number of carbonyl (C=O) groups excluding carboxylic acids is 1. The minimum atomic E-state index is -4.22. The normalized spacial score (nSPS) is 24.8. The van der Waals surface area contributed by atoms with Crippen molar-refractivity contribution in [2.75, 3.05) is 32.7 Å². The van der Waals surface area contributed by atoms with E-state index in [-0.39, 0.29) is 32.1 Å². The molecule has 0 saturated carbocycles. The average Bonchev–Trinajstić information content (AvgIpc) is 2.53. The van der Waals surface area contributed by atoms with E-state index in [4.69, 9.17) is 9.47 Å². The van der Waals surface area contributed by atoms with E-state index in [0.717, 1.165) is 0 Å². The predicted molar refractivity (Wildman–Crippen MR) is 80.0 cm³/mol. The van der Waals surface area contributed by atoms with Crippen molar-refractivity contribution >= 4 is 5.91 Å². The number of amides is 1. The maximum absolute atomic E-state index is 12.6. The first-order chi connectivity index (χ1) is 11.3. The van der Waals surface area contributed by atoms with Crippen LogP contribution in [0.1, 0.15) is 6.92 Å². The minimum Gasteiger partial charge on any atom is -0.482 e. The second-order valence-electron chi connectivity index (χ2n) is 6.02. The molecule has 2 aliphatic heterocycles. The van der Waals surface area contributed by atoms with E-state index in [1.165, 1.54) is 4.90 Å². The fourth-order valence-corrected chi connectivity index (χ4v) is 2.95. The molecular formula is C16H19F3N2O3. The first-order valence-corrected chi connectivity index (χ1v) is 7.84. The van der Waals surface area contributed by atoms with Crippen molar-refractivity contribution < 1.29 is 27.4 Å². The lowest BCUT2D eigenvalue weighted by Gasteiger charge is -2.38. The number of halogens is 3. The molecule has 3 rings (SSSR count). The van der Waals surface area contributed by atoms with Crippen LogP contribution in [-0.4, -0.2) is 66.8 Å². The van der Waals surface area contributed by atoms with Gasteiger partial charge in [0.1, 0.15) is 6.10 Å². The highest BCUT2D eigenvalue weighted by atomic mass is 19.4. The Kier molecular flexibility index (Phi) is 4.58. The zero-order chi connectivity index (χ0) is 17.3. The quantitative estimate of drug-likeness (QED) is 0.822. The smallest absolute Gasteiger partial charge is 0.401 e. The highest BCUT2D eigenvalue weighted by molar-refractivity contribution is 5.82. The summed E-state index contributed by atoms with van der Waals surface area (Å²) in [5, 5.41) is 0. The molecule has 8 heteroatoms. The zero-order valence-corrected chi connectivity index (χ0v) is 13.3. The summed E-state index contributed by atoms with van der Waals surface area (Å²) < 4.78 is 48.7. The Morgan fingerprint density at radius 2 is 1.71 bits per heavy atom. The Hall–Kier alpha value is -1.96. The van der Waals surface area contributed by atoms with Crippen LogP contribution in [0.2, 0.25) is 0 Å². The molecular weight excluding hydrogens is 325 g/mol. The van der Waals surface area contributed by atoms with E-state index >= 15 is 0 Å². The molecule has 24 heavy (non-hydrogen) atoms. The molecule has 0 N–H and O–H groups in total. The van der Waals surface area contributed by atoms with Gasteiger partial charge in [-0.2, -0.15) is 13.2 Å². The molecule has 132 valence electrons. The SMILES string of the molecule is CC1Oc2ccccc2OC1C(=O)N1CCN(CC(F)(F)F)CC1. The van der Waals surface area contributed by atoms with Crippen molar-refractivity contribution in [2.24, 2.45) is 0 Å². The Bertz CT molecular complexity index is 600. The number of ether oxygens (including phenoxy) is 2. The number of carbonyl (C=O) groups is 1. The maximum Gasteiger partial charge on any atom is 0.401 e. The van der Waals surface area contributed by atoms with E-state index < -0.39 is 24.9 Å². The second kappa shape index (κ2) is 6.51. The molecule has 2 heterocycles. The van der Waals surface area contributed by atoms with Crippen LogP contribution in [0.5, 0.6) is 11.5 Å². The Balaban J connectivity index is 1.60. The molecule has 2 atom stereocenters. The molecule has 1 aromatic rings. The number of para-hydroxylation sites is 2. The number of hydrogen-bond donors (Lipinski definition) is 0. The summed E-state index contributed by atoms with van der Waals surface area (Å²) in [6.45, 7) is 1.71. The van der Waals surface area contributed by atoms with Gasteiger partial charge in [0, 0.05) is 26.2 Å². The third-order valence-corrected chi connectivity index (χ3v) is 4.17. The average molecular weight is 344 g/mol. The topological polar surface area (TPSA) is 42.0 Å². The number of benzene rings is 1. The highest BCUT2D eigenvalue weighted by Gasteiger charge is 2.39. The van der Waals surface area contributed by atoms with Gasteiger partial charge in [0.2, 0.25) is 6.10 Å². The van der Waals surface area contributed by atoms with Crippen LogP contribution in [0.25, 0.3) is 0 Å². The van der Waals surface area contributed by atoms with Gasteiger partial charge in [-0.05, 0) is 19.1 Å². The van der Waals surface area contributed by atoms with Gasteiger partial charge in [-0.15, -0.1) is 0 Å². The molecule has 1 fully saturated rings. The summed E-state index contributed by atoms with van der Waals surface area (Å²) in [6.07, 6.45) is -5.46. The molecule has 0 spiro atoms. The molecule has 1 aromatic carbocycles. The van der Waals surface area contributed by atoms with Gasteiger partial charge in [-0.3, -0.25) is 9.69 Å². The molecule has 2 unspecified atom stereocenters. The van der Waals surface area contributed by atoms with Crippen molar-refractivity contribution in [3.63, 3.8) is 0 Å².